The highest BCUT2D eigenvalue weighted by molar-refractivity contribution is 5.96. The monoisotopic (exact) mass is 434 g/mol. The van der Waals surface area contributed by atoms with Crippen molar-refractivity contribution in [3.05, 3.63) is 72.2 Å². The summed E-state index contributed by atoms with van der Waals surface area (Å²) in [6.45, 7) is 5.44. The molecule has 0 saturated carbocycles. The average molecular weight is 434 g/mol. The van der Waals surface area contributed by atoms with Gasteiger partial charge in [0.15, 0.2) is 5.78 Å². The van der Waals surface area contributed by atoms with Crippen molar-refractivity contribution < 1.29 is 14.3 Å². The van der Waals surface area contributed by atoms with Gasteiger partial charge in [-0.3, -0.25) is 9.36 Å². The Morgan fingerprint density at radius 3 is 2.53 bits per heavy atom. The number of imidazole rings is 1. The number of carbonyl (C=O) groups excluding carboxylic acids is 1. The second-order valence-electron chi connectivity index (χ2n) is 8.41. The summed E-state index contributed by atoms with van der Waals surface area (Å²) < 4.78 is 16.6. The maximum Gasteiger partial charge on any atom is 0.165 e. The molecule has 0 bridgehead atoms. The highest BCUT2D eigenvalue weighted by Gasteiger charge is 2.22. The first-order chi connectivity index (χ1) is 15.3. The van der Waals surface area contributed by atoms with Crippen LogP contribution in [0.25, 0.3) is 22.9 Å². The molecule has 0 atom stereocenters. The fourth-order valence-electron chi connectivity index (χ4n) is 3.28. The molecule has 0 fully saturated rings. The number of benzene rings is 1. The van der Waals surface area contributed by atoms with Crippen LogP contribution in [-0.2, 0) is 0 Å². The summed E-state index contributed by atoms with van der Waals surface area (Å²) in [5.41, 5.74) is 2.68. The molecule has 164 valence electrons. The number of pyridine rings is 1. The van der Waals surface area contributed by atoms with Crippen molar-refractivity contribution in [1.82, 2.24) is 29.5 Å². The van der Waals surface area contributed by atoms with E-state index >= 15 is 0 Å². The first kappa shape index (κ1) is 21.5. The molecule has 8 nitrogen and oxygen atoms in total. The summed E-state index contributed by atoms with van der Waals surface area (Å²) in [5, 5.41) is 17.7. The smallest absolute Gasteiger partial charge is 0.165 e. The van der Waals surface area contributed by atoms with Crippen LogP contribution in [0.5, 0.6) is 0 Å². The molecule has 4 aromatic rings. The molecule has 0 unspecified atom stereocenters. The van der Waals surface area contributed by atoms with Crippen molar-refractivity contribution in [3.8, 4) is 22.9 Å². The number of aliphatic hydroxyl groups is 1. The van der Waals surface area contributed by atoms with Crippen molar-refractivity contribution in [3.63, 3.8) is 0 Å². The third-order valence-electron chi connectivity index (χ3n) is 5.14. The van der Waals surface area contributed by atoms with E-state index in [4.69, 9.17) is 0 Å². The molecule has 0 aliphatic heterocycles. The van der Waals surface area contributed by atoms with Crippen molar-refractivity contribution in [2.75, 3.05) is 6.61 Å². The fourth-order valence-corrected chi connectivity index (χ4v) is 3.28. The lowest BCUT2D eigenvalue weighted by Gasteiger charge is -2.20. The van der Waals surface area contributed by atoms with E-state index in [-0.39, 0.29) is 24.6 Å². The molecule has 4 rings (SSSR count). The number of aryl methyl sites for hydroxylation is 1. The van der Waals surface area contributed by atoms with Crippen LogP contribution in [0.1, 0.15) is 36.3 Å². The van der Waals surface area contributed by atoms with Crippen LogP contribution in [0.4, 0.5) is 4.39 Å². The van der Waals surface area contributed by atoms with Crippen LogP contribution in [0, 0.1) is 18.2 Å². The van der Waals surface area contributed by atoms with E-state index in [1.54, 1.807) is 46.0 Å². The summed E-state index contributed by atoms with van der Waals surface area (Å²) in [4.78, 5) is 21.3. The number of ketones is 1. The molecule has 0 saturated heterocycles. The molecule has 9 heteroatoms. The zero-order valence-corrected chi connectivity index (χ0v) is 18.0. The standard InChI is InChI=1S/C23H23FN6O2/c1-15-22(30(28-27-15)18-7-5-17(24)6-8-18)19-12-29(14-26-19)21-9-4-16(11-25-21)20(32)10-23(2,3)13-31/h4-9,11-12,14,31H,10,13H2,1-3H3. The van der Waals surface area contributed by atoms with Crippen LogP contribution in [0.2, 0.25) is 0 Å². The average Bonchev–Trinajstić information content (AvgIpc) is 3.41. The Kier molecular flexibility index (Phi) is 5.67. The Labute approximate surface area is 184 Å². The molecule has 0 aliphatic carbocycles. The zero-order valence-electron chi connectivity index (χ0n) is 18.0. The summed E-state index contributed by atoms with van der Waals surface area (Å²) in [7, 11) is 0. The second-order valence-corrected chi connectivity index (χ2v) is 8.41. The van der Waals surface area contributed by atoms with Gasteiger partial charge < -0.3 is 5.11 Å². The molecule has 0 radical (unpaired) electrons. The molecule has 32 heavy (non-hydrogen) atoms. The van der Waals surface area contributed by atoms with Gasteiger partial charge in [0.05, 0.1) is 11.4 Å². The number of hydrogen-bond donors (Lipinski definition) is 1. The number of carbonyl (C=O) groups is 1. The van der Waals surface area contributed by atoms with Crippen molar-refractivity contribution >= 4 is 5.78 Å². The summed E-state index contributed by atoms with van der Waals surface area (Å²) in [6, 6.07) is 9.44. The third kappa shape index (κ3) is 4.33. The molecular formula is C23H23FN6O2. The normalized spacial score (nSPS) is 11.7. The number of Topliss-reactive ketones (excluding diaryl/α,β-unsaturated/α-hetero) is 1. The van der Waals surface area contributed by atoms with Gasteiger partial charge in [-0.25, -0.2) is 19.0 Å². The van der Waals surface area contributed by atoms with Crippen molar-refractivity contribution in [1.29, 1.82) is 0 Å². The van der Waals surface area contributed by atoms with Gasteiger partial charge in [0, 0.05) is 31.0 Å². The van der Waals surface area contributed by atoms with Gasteiger partial charge in [-0.2, -0.15) is 0 Å². The number of hydrogen-bond acceptors (Lipinski definition) is 6. The van der Waals surface area contributed by atoms with Gasteiger partial charge >= 0.3 is 0 Å². The van der Waals surface area contributed by atoms with Gasteiger partial charge in [0.1, 0.15) is 29.4 Å². The minimum atomic E-state index is -0.478. The van der Waals surface area contributed by atoms with Gasteiger partial charge in [0.25, 0.3) is 0 Å². The first-order valence-corrected chi connectivity index (χ1v) is 10.1. The Bertz CT molecular complexity index is 1240. The van der Waals surface area contributed by atoms with Crippen LogP contribution < -0.4 is 0 Å². The second kappa shape index (κ2) is 8.43. The Balaban J connectivity index is 1.60. The number of aromatic nitrogens is 6. The molecule has 1 aromatic carbocycles. The number of nitrogens with zero attached hydrogens (tertiary/aromatic N) is 6. The fraction of sp³-hybridized carbons (Fsp3) is 0.261. The molecule has 3 heterocycles. The minimum Gasteiger partial charge on any atom is -0.396 e. The minimum absolute atomic E-state index is 0.0646. The highest BCUT2D eigenvalue weighted by Crippen LogP contribution is 2.25. The lowest BCUT2D eigenvalue weighted by molar-refractivity contribution is 0.0858. The largest absolute Gasteiger partial charge is 0.396 e. The van der Waals surface area contributed by atoms with E-state index in [2.05, 4.69) is 20.3 Å². The lowest BCUT2D eigenvalue weighted by Crippen LogP contribution is -2.21. The van der Waals surface area contributed by atoms with Crippen molar-refractivity contribution in [2.45, 2.75) is 27.2 Å². The maximum atomic E-state index is 13.3. The SMILES string of the molecule is Cc1nnn(-c2ccc(F)cc2)c1-c1cn(-c2ccc(C(=O)CC(C)(C)CO)cn2)cn1. The van der Waals surface area contributed by atoms with E-state index in [0.717, 1.165) is 0 Å². The maximum absolute atomic E-state index is 13.3. The van der Waals surface area contributed by atoms with E-state index in [0.29, 0.717) is 34.2 Å². The lowest BCUT2D eigenvalue weighted by atomic mass is 9.87. The van der Waals surface area contributed by atoms with Gasteiger partial charge in [-0.15, -0.1) is 5.10 Å². The Hall–Kier alpha value is -3.72. The van der Waals surface area contributed by atoms with E-state index in [1.807, 2.05) is 20.8 Å². The molecule has 0 aliphatic rings. The zero-order chi connectivity index (χ0) is 22.9. The number of aliphatic hydroxyl groups excluding tert-OH is 1. The van der Waals surface area contributed by atoms with Crippen LogP contribution in [0.15, 0.2) is 55.1 Å². The topological polar surface area (TPSA) is 98.7 Å². The Morgan fingerprint density at radius 2 is 1.88 bits per heavy atom. The van der Waals surface area contributed by atoms with Gasteiger partial charge in [-0.05, 0) is 48.7 Å². The van der Waals surface area contributed by atoms with Gasteiger partial charge in [0.2, 0.25) is 0 Å². The molecule has 0 amide bonds. The highest BCUT2D eigenvalue weighted by atomic mass is 19.1. The van der Waals surface area contributed by atoms with E-state index < -0.39 is 5.41 Å². The van der Waals surface area contributed by atoms with E-state index in [9.17, 15) is 14.3 Å². The van der Waals surface area contributed by atoms with Crippen LogP contribution in [-0.4, -0.2) is 47.0 Å². The third-order valence-corrected chi connectivity index (χ3v) is 5.14. The quantitative estimate of drug-likeness (QED) is 0.447. The number of rotatable bonds is 7. The van der Waals surface area contributed by atoms with Crippen molar-refractivity contribution in [2.24, 2.45) is 5.41 Å². The van der Waals surface area contributed by atoms with Crippen LogP contribution in [0.3, 0.4) is 0 Å². The van der Waals surface area contributed by atoms with Crippen LogP contribution >= 0.6 is 0 Å². The first-order valence-electron chi connectivity index (χ1n) is 10.1. The number of halogens is 1. The summed E-state index contributed by atoms with van der Waals surface area (Å²) in [5.74, 6) is 0.198. The predicted molar refractivity (Wildman–Crippen MR) is 116 cm³/mol. The van der Waals surface area contributed by atoms with E-state index in [1.165, 1.54) is 18.3 Å². The molecule has 3 aromatic heterocycles. The molecule has 1 N–H and O–H groups in total. The molecule has 0 spiro atoms. The van der Waals surface area contributed by atoms with Gasteiger partial charge in [-0.1, -0.05) is 19.1 Å². The Morgan fingerprint density at radius 1 is 1.12 bits per heavy atom. The summed E-state index contributed by atoms with van der Waals surface area (Å²) >= 11 is 0. The predicted octanol–water partition coefficient (Wildman–Crippen LogP) is 3.55. The summed E-state index contributed by atoms with van der Waals surface area (Å²) in [6.07, 6.45) is 5.18. The molecular weight excluding hydrogens is 411 g/mol.